The van der Waals surface area contributed by atoms with E-state index in [2.05, 4.69) is 10.6 Å². The van der Waals surface area contributed by atoms with Gasteiger partial charge in [-0.15, -0.1) is 12.4 Å². The number of halogens is 1. The second-order valence-electron chi connectivity index (χ2n) is 5.15. The number of aliphatic hydroxyl groups excluding tert-OH is 1. The SMILES string of the molecule is Cl.OC1CNCC1CNCC1CCCCC1. The van der Waals surface area contributed by atoms with Gasteiger partial charge >= 0.3 is 0 Å². The summed E-state index contributed by atoms with van der Waals surface area (Å²) in [5.41, 5.74) is 0. The predicted molar refractivity (Wildman–Crippen MR) is 69.1 cm³/mol. The molecule has 0 bridgehead atoms. The van der Waals surface area contributed by atoms with Gasteiger partial charge in [0, 0.05) is 25.6 Å². The molecule has 1 saturated heterocycles. The number of aliphatic hydroxyl groups is 1. The van der Waals surface area contributed by atoms with E-state index in [1.165, 1.54) is 32.1 Å². The van der Waals surface area contributed by atoms with E-state index in [1.807, 2.05) is 0 Å². The minimum absolute atomic E-state index is 0. The average molecular weight is 249 g/mol. The highest BCUT2D eigenvalue weighted by atomic mass is 35.5. The second kappa shape index (κ2) is 7.49. The van der Waals surface area contributed by atoms with Crippen LogP contribution in [-0.4, -0.2) is 37.4 Å². The van der Waals surface area contributed by atoms with E-state index in [0.717, 1.165) is 32.1 Å². The third-order valence-electron chi connectivity index (χ3n) is 3.87. The van der Waals surface area contributed by atoms with Crippen molar-refractivity contribution in [1.82, 2.24) is 10.6 Å². The van der Waals surface area contributed by atoms with E-state index < -0.39 is 0 Å². The van der Waals surface area contributed by atoms with Gasteiger partial charge in [0.2, 0.25) is 0 Å². The van der Waals surface area contributed by atoms with Crippen molar-refractivity contribution >= 4 is 12.4 Å². The Morgan fingerprint density at radius 3 is 2.44 bits per heavy atom. The van der Waals surface area contributed by atoms with Crippen LogP contribution in [0.25, 0.3) is 0 Å². The van der Waals surface area contributed by atoms with Gasteiger partial charge in [-0.3, -0.25) is 0 Å². The molecule has 1 aliphatic heterocycles. The summed E-state index contributed by atoms with van der Waals surface area (Å²) in [6.07, 6.45) is 6.93. The molecule has 2 unspecified atom stereocenters. The zero-order valence-corrected chi connectivity index (χ0v) is 10.8. The monoisotopic (exact) mass is 248 g/mol. The topological polar surface area (TPSA) is 44.3 Å². The lowest BCUT2D eigenvalue weighted by Crippen LogP contribution is -2.33. The standard InChI is InChI=1S/C12H24N2O.ClH/c15-12-9-14-8-11(12)7-13-6-10-4-2-1-3-5-10;/h10-15H,1-9H2;1H. The van der Waals surface area contributed by atoms with Gasteiger partial charge in [0.1, 0.15) is 0 Å². The summed E-state index contributed by atoms with van der Waals surface area (Å²) in [7, 11) is 0. The van der Waals surface area contributed by atoms with Crippen molar-refractivity contribution in [3.05, 3.63) is 0 Å². The molecule has 1 saturated carbocycles. The third kappa shape index (κ3) is 4.21. The normalized spacial score (nSPS) is 31.3. The first-order valence-electron chi connectivity index (χ1n) is 6.46. The molecule has 2 aliphatic rings. The fourth-order valence-electron chi connectivity index (χ4n) is 2.79. The Balaban J connectivity index is 0.00000128. The van der Waals surface area contributed by atoms with Gasteiger partial charge in [-0.2, -0.15) is 0 Å². The first kappa shape index (κ1) is 14.2. The Bertz CT molecular complexity index is 186. The van der Waals surface area contributed by atoms with Crippen LogP contribution in [-0.2, 0) is 0 Å². The van der Waals surface area contributed by atoms with Crippen LogP contribution in [0.2, 0.25) is 0 Å². The molecule has 2 rings (SSSR count). The Morgan fingerprint density at radius 1 is 1.06 bits per heavy atom. The van der Waals surface area contributed by atoms with E-state index in [9.17, 15) is 5.11 Å². The molecule has 1 heterocycles. The summed E-state index contributed by atoms with van der Waals surface area (Å²) in [6.45, 7) is 3.88. The van der Waals surface area contributed by atoms with Crippen LogP contribution < -0.4 is 10.6 Å². The van der Waals surface area contributed by atoms with E-state index in [0.29, 0.717) is 5.92 Å². The molecule has 3 nitrogen and oxygen atoms in total. The molecule has 0 aromatic heterocycles. The molecule has 4 heteroatoms. The van der Waals surface area contributed by atoms with Crippen LogP contribution in [0, 0.1) is 11.8 Å². The largest absolute Gasteiger partial charge is 0.391 e. The van der Waals surface area contributed by atoms with Crippen molar-refractivity contribution in [3.63, 3.8) is 0 Å². The Kier molecular flexibility index (Phi) is 6.66. The molecule has 0 aromatic carbocycles. The highest BCUT2D eigenvalue weighted by Crippen LogP contribution is 2.22. The van der Waals surface area contributed by atoms with Crippen molar-refractivity contribution < 1.29 is 5.11 Å². The summed E-state index contributed by atoms with van der Waals surface area (Å²) in [5, 5.41) is 16.4. The first-order chi connectivity index (χ1) is 7.36. The molecule has 1 aliphatic carbocycles. The molecule has 0 radical (unpaired) electrons. The zero-order valence-electron chi connectivity index (χ0n) is 9.95. The van der Waals surface area contributed by atoms with Crippen LogP contribution in [0.3, 0.4) is 0 Å². The summed E-state index contributed by atoms with van der Waals surface area (Å²) in [4.78, 5) is 0. The van der Waals surface area contributed by atoms with Crippen LogP contribution in [0.1, 0.15) is 32.1 Å². The Labute approximate surface area is 105 Å². The van der Waals surface area contributed by atoms with E-state index >= 15 is 0 Å². The Morgan fingerprint density at radius 2 is 1.81 bits per heavy atom. The van der Waals surface area contributed by atoms with Crippen molar-refractivity contribution in [1.29, 1.82) is 0 Å². The summed E-state index contributed by atoms with van der Waals surface area (Å²) in [6, 6.07) is 0. The summed E-state index contributed by atoms with van der Waals surface area (Å²) < 4.78 is 0. The van der Waals surface area contributed by atoms with Gasteiger partial charge in [-0.05, 0) is 25.3 Å². The molecule has 16 heavy (non-hydrogen) atoms. The maximum atomic E-state index is 9.62. The zero-order chi connectivity index (χ0) is 10.5. The van der Waals surface area contributed by atoms with Crippen molar-refractivity contribution in [2.24, 2.45) is 11.8 Å². The lowest BCUT2D eigenvalue weighted by atomic mass is 9.89. The van der Waals surface area contributed by atoms with Gasteiger partial charge in [0.15, 0.2) is 0 Å². The smallest absolute Gasteiger partial charge is 0.0716 e. The molecule has 96 valence electrons. The first-order valence-corrected chi connectivity index (χ1v) is 6.46. The van der Waals surface area contributed by atoms with Gasteiger partial charge in [-0.1, -0.05) is 19.3 Å². The number of hydrogen-bond donors (Lipinski definition) is 3. The molecular formula is C12H25ClN2O. The lowest BCUT2D eigenvalue weighted by molar-refractivity contribution is 0.145. The molecule has 2 atom stereocenters. The van der Waals surface area contributed by atoms with Gasteiger partial charge < -0.3 is 15.7 Å². The fourth-order valence-corrected chi connectivity index (χ4v) is 2.79. The highest BCUT2D eigenvalue weighted by Gasteiger charge is 2.24. The van der Waals surface area contributed by atoms with Crippen molar-refractivity contribution in [2.75, 3.05) is 26.2 Å². The van der Waals surface area contributed by atoms with E-state index in [4.69, 9.17) is 0 Å². The third-order valence-corrected chi connectivity index (χ3v) is 3.87. The van der Waals surface area contributed by atoms with E-state index in [-0.39, 0.29) is 18.5 Å². The highest BCUT2D eigenvalue weighted by molar-refractivity contribution is 5.85. The molecule has 0 aromatic rings. The average Bonchev–Trinajstić information content (AvgIpc) is 2.66. The van der Waals surface area contributed by atoms with Gasteiger partial charge in [0.05, 0.1) is 6.10 Å². The molecule has 0 amide bonds. The summed E-state index contributed by atoms with van der Waals surface area (Å²) in [5.74, 6) is 1.32. The number of β-amino-alcohol motifs (C(OH)–C–C–N with tert-alkyl or cyclic N) is 1. The van der Waals surface area contributed by atoms with E-state index in [1.54, 1.807) is 0 Å². The number of hydrogen-bond acceptors (Lipinski definition) is 3. The maximum Gasteiger partial charge on any atom is 0.0716 e. The van der Waals surface area contributed by atoms with Gasteiger partial charge in [0.25, 0.3) is 0 Å². The van der Waals surface area contributed by atoms with Crippen molar-refractivity contribution in [2.45, 2.75) is 38.2 Å². The molecule has 0 spiro atoms. The number of nitrogens with one attached hydrogen (secondary N) is 2. The lowest BCUT2D eigenvalue weighted by Gasteiger charge is -2.23. The predicted octanol–water partition coefficient (Wildman–Crippen LogP) is 1.16. The summed E-state index contributed by atoms with van der Waals surface area (Å²) >= 11 is 0. The molecular weight excluding hydrogens is 224 g/mol. The fraction of sp³-hybridized carbons (Fsp3) is 1.00. The molecule has 3 N–H and O–H groups in total. The number of rotatable bonds is 4. The minimum atomic E-state index is -0.135. The van der Waals surface area contributed by atoms with Crippen LogP contribution in [0.5, 0.6) is 0 Å². The van der Waals surface area contributed by atoms with Crippen molar-refractivity contribution in [3.8, 4) is 0 Å². The minimum Gasteiger partial charge on any atom is -0.391 e. The van der Waals surface area contributed by atoms with Crippen LogP contribution in [0.4, 0.5) is 0 Å². The molecule has 2 fully saturated rings. The quantitative estimate of drug-likeness (QED) is 0.700. The van der Waals surface area contributed by atoms with Crippen LogP contribution in [0.15, 0.2) is 0 Å². The maximum absolute atomic E-state index is 9.62. The van der Waals surface area contributed by atoms with Crippen LogP contribution >= 0.6 is 12.4 Å². The second-order valence-corrected chi connectivity index (χ2v) is 5.15. The Hall–Kier alpha value is 0.170. The van der Waals surface area contributed by atoms with Gasteiger partial charge in [-0.25, -0.2) is 0 Å².